The van der Waals surface area contributed by atoms with Crippen LogP contribution in [0.3, 0.4) is 0 Å². The fourth-order valence-corrected chi connectivity index (χ4v) is 4.43. The number of aryl methyl sites for hydroxylation is 1. The number of carbonyl (C=O) groups excluding carboxylic acids is 1. The molecule has 4 rings (SSSR count). The highest BCUT2D eigenvalue weighted by molar-refractivity contribution is 7.80. The Kier molecular flexibility index (Phi) is 8.12. The third kappa shape index (κ3) is 6.05. The number of fused-ring (bicyclic) bond motifs is 1. The highest BCUT2D eigenvalue weighted by Gasteiger charge is 2.19. The number of H-pyrrole nitrogens is 1. The maximum atomic E-state index is 13.0. The Hall–Kier alpha value is -3.27. The van der Waals surface area contributed by atoms with Crippen molar-refractivity contribution in [3.05, 3.63) is 75.6 Å². The number of thiocarbonyl (C=S) groups is 1. The molecule has 0 amide bonds. The third-order valence-corrected chi connectivity index (χ3v) is 6.54. The van der Waals surface area contributed by atoms with Crippen LogP contribution in [0.2, 0.25) is 0 Å². The van der Waals surface area contributed by atoms with Crippen molar-refractivity contribution in [3.8, 4) is 0 Å². The van der Waals surface area contributed by atoms with Gasteiger partial charge in [0.1, 0.15) is 0 Å². The maximum absolute atomic E-state index is 13.0. The number of benzene rings is 2. The second-order valence-electron chi connectivity index (χ2n) is 8.51. The number of pyridine rings is 1. The van der Waals surface area contributed by atoms with Gasteiger partial charge in [0.15, 0.2) is 5.11 Å². The molecule has 0 unspecified atom stereocenters. The Balaban J connectivity index is 1.59. The van der Waals surface area contributed by atoms with Crippen LogP contribution < -0.4 is 10.9 Å². The number of nitrogens with one attached hydrogen (secondary N) is 2. The number of morpholine rings is 1. The van der Waals surface area contributed by atoms with E-state index in [0.29, 0.717) is 48.2 Å². The predicted octanol–water partition coefficient (Wildman–Crippen LogP) is 3.15. The Morgan fingerprint density at radius 1 is 1.20 bits per heavy atom. The zero-order valence-electron chi connectivity index (χ0n) is 20.0. The molecule has 9 heteroatoms. The third-order valence-electron chi connectivity index (χ3n) is 6.18. The van der Waals surface area contributed by atoms with Crippen LogP contribution in [0.4, 0.5) is 5.69 Å². The first-order valence-electron chi connectivity index (χ1n) is 11.6. The lowest BCUT2D eigenvalue weighted by atomic mass is 10.1. The van der Waals surface area contributed by atoms with Crippen molar-refractivity contribution in [2.45, 2.75) is 13.5 Å². The molecule has 2 N–H and O–H groups in total. The molecule has 0 aliphatic carbocycles. The average molecular weight is 495 g/mol. The quantitative estimate of drug-likeness (QED) is 0.383. The first-order valence-corrected chi connectivity index (χ1v) is 12.0. The second-order valence-corrected chi connectivity index (χ2v) is 8.89. The molecule has 184 valence electrons. The molecule has 0 atom stereocenters. The van der Waals surface area contributed by atoms with Crippen molar-refractivity contribution in [2.75, 3.05) is 51.8 Å². The number of aromatic nitrogens is 1. The molecule has 1 fully saturated rings. The van der Waals surface area contributed by atoms with Crippen molar-refractivity contribution in [1.29, 1.82) is 0 Å². The molecule has 3 aromatic rings. The van der Waals surface area contributed by atoms with E-state index in [-0.39, 0.29) is 5.56 Å². The lowest BCUT2D eigenvalue weighted by Crippen LogP contribution is -2.44. The summed E-state index contributed by atoms with van der Waals surface area (Å²) in [5.74, 6) is -0.447. The van der Waals surface area contributed by atoms with Crippen LogP contribution in [0.1, 0.15) is 21.5 Å². The van der Waals surface area contributed by atoms with Gasteiger partial charge in [0.05, 0.1) is 43.6 Å². The Labute approximate surface area is 209 Å². The zero-order valence-corrected chi connectivity index (χ0v) is 20.8. The van der Waals surface area contributed by atoms with Crippen LogP contribution in [-0.4, -0.2) is 72.4 Å². The molecular weight excluding hydrogens is 464 g/mol. The number of rotatable bonds is 7. The van der Waals surface area contributed by atoms with Gasteiger partial charge < -0.3 is 24.7 Å². The summed E-state index contributed by atoms with van der Waals surface area (Å²) in [6, 6.07) is 14.9. The van der Waals surface area contributed by atoms with Gasteiger partial charge in [-0.3, -0.25) is 9.69 Å². The number of anilines is 1. The van der Waals surface area contributed by atoms with E-state index < -0.39 is 5.97 Å². The molecule has 0 spiro atoms. The number of hydrogen-bond donors (Lipinski definition) is 2. The van der Waals surface area contributed by atoms with Crippen LogP contribution in [0, 0.1) is 6.92 Å². The summed E-state index contributed by atoms with van der Waals surface area (Å²) in [4.78, 5) is 32.5. The van der Waals surface area contributed by atoms with E-state index in [0.717, 1.165) is 36.1 Å². The van der Waals surface area contributed by atoms with E-state index >= 15 is 0 Å². The van der Waals surface area contributed by atoms with Gasteiger partial charge in [0.2, 0.25) is 0 Å². The summed E-state index contributed by atoms with van der Waals surface area (Å²) >= 11 is 5.77. The normalized spacial score (nSPS) is 14.0. The Morgan fingerprint density at radius 2 is 1.97 bits per heavy atom. The van der Waals surface area contributed by atoms with Crippen LogP contribution in [-0.2, 0) is 16.0 Å². The number of carbonyl (C=O) groups is 1. The van der Waals surface area contributed by atoms with E-state index in [4.69, 9.17) is 21.7 Å². The molecule has 35 heavy (non-hydrogen) atoms. The Bertz CT molecular complexity index is 1270. The molecule has 0 bridgehead atoms. The SMILES string of the molecule is COC(=O)c1ccccc1NC(=S)N(CCN1CCOCC1)Cc1cc2cccc(C)c2[nH]c1=O. The predicted molar refractivity (Wildman–Crippen MR) is 141 cm³/mol. The van der Waals surface area contributed by atoms with E-state index in [1.165, 1.54) is 7.11 Å². The summed E-state index contributed by atoms with van der Waals surface area (Å²) < 4.78 is 10.4. The largest absolute Gasteiger partial charge is 0.465 e. The van der Waals surface area contributed by atoms with E-state index in [1.807, 2.05) is 42.2 Å². The summed E-state index contributed by atoms with van der Waals surface area (Å²) in [5.41, 5.74) is 3.30. The molecule has 1 saturated heterocycles. The van der Waals surface area contributed by atoms with E-state index in [2.05, 4.69) is 15.2 Å². The van der Waals surface area contributed by atoms with Gasteiger partial charge in [0.25, 0.3) is 5.56 Å². The second kappa shape index (κ2) is 11.4. The monoisotopic (exact) mass is 494 g/mol. The fraction of sp³-hybridized carbons (Fsp3) is 0.346. The molecule has 0 saturated carbocycles. The summed E-state index contributed by atoms with van der Waals surface area (Å²) in [6.45, 7) is 6.81. The number of ether oxygens (including phenoxy) is 2. The van der Waals surface area contributed by atoms with Crippen molar-refractivity contribution in [3.63, 3.8) is 0 Å². The summed E-state index contributed by atoms with van der Waals surface area (Å²) in [7, 11) is 1.35. The molecule has 1 aromatic heterocycles. The smallest absolute Gasteiger partial charge is 0.339 e. The van der Waals surface area contributed by atoms with E-state index in [1.54, 1.807) is 18.2 Å². The lowest BCUT2D eigenvalue weighted by molar-refractivity contribution is 0.0358. The molecule has 1 aliphatic rings. The van der Waals surface area contributed by atoms with Gasteiger partial charge in [0, 0.05) is 31.7 Å². The maximum Gasteiger partial charge on any atom is 0.339 e. The topological polar surface area (TPSA) is 86.9 Å². The van der Waals surface area contributed by atoms with Gasteiger partial charge in [-0.15, -0.1) is 0 Å². The molecule has 0 radical (unpaired) electrons. The number of nitrogens with zero attached hydrogens (tertiary/aromatic N) is 2. The molecule has 8 nitrogen and oxygen atoms in total. The van der Waals surface area contributed by atoms with Crippen molar-refractivity contribution < 1.29 is 14.3 Å². The molecule has 2 heterocycles. The van der Waals surface area contributed by atoms with Gasteiger partial charge in [-0.05, 0) is 48.3 Å². The first kappa shape index (κ1) is 24.8. The number of esters is 1. The molecule has 1 aliphatic heterocycles. The number of hydrogen-bond acceptors (Lipinski definition) is 6. The number of methoxy groups -OCH3 is 1. The molecule has 2 aromatic carbocycles. The number of aromatic amines is 1. The van der Waals surface area contributed by atoms with E-state index in [9.17, 15) is 9.59 Å². The van der Waals surface area contributed by atoms with Crippen molar-refractivity contribution >= 4 is 39.9 Å². The molecular formula is C26H30N4O4S. The van der Waals surface area contributed by atoms with Crippen LogP contribution >= 0.6 is 12.2 Å². The zero-order chi connectivity index (χ0) is 24.8. The van der Waals surface area contributed by atoms with Crippen molar-refractivity contribution in [1.82, 2.24) is 14.8 Å². The minimum absolute atomic E-state index is 0.138. The summed E-state index contributed by atoms with van der Waals surface area (Å²) in [5, 5.41) is 4.60. The summed E-state index contributed by atoms with van der Waals surface area (Å²) in [6.07, 6.45) is 0. The van der Waals surface area contributed by atoms with Crippen molar-refractivity contribution in [2.24, 2.45) is 0 Å². The van der Waals surface area contributed by atoms with Gasteiger partial charge in [-0.2, -0.15) is 0 Å². The Morgan fingerprint density at radius 3 is 2.74 bits per heavy atom. The fourth-order valence-electron chi connectivity index (χ4n) is 4.17. The highest BCUT2D eigenvalue weighted by Crippen LogP contribution is 2.19. The minimum atomic E-state index is -0.447. The van der Waals surface area contributed by atoms with Crippen LogP contribution in [0.25, 0.3) is 10.9 Å². The lowest BCUT2D eigenvalue weighted by Gasteiger charge is -2.31. The van der Waals surface area contributed by atoms with Gasteiger partial charge >= 0.3 is 5.97 Å². The first-order chi connectivity index (χ1) is 17.0. The van der Waals surface area contributed by atoms with Gasteiger partial charge in [-0.25, -0.2) is 4.79 Å². The standard InChI is InChI=1S/C26H30N4O4S/c1-18-6-5-7-19-16-20(24(31)28-23(18)19)17-30(11-10-29-12-14-34-15-13-29)26(35)27-22-9-4-3-8-21(22)25(32)33-2/h3-9,16H,10-15,17H2,1-2H3,(H,27,35)(H,28,31). The van der Waals surface area contributed by atoms with Crippen LogP contribution in [0.5, 0.6) is 0 Å². The van der Waals surface area contributed by atoms with Crippen LogP contribution in [0.15, 0.2) is 53.3 Å². The number of para-hydroxylation sites is 2. The average Bonchev–Trinajstić information content (AvgIpc) is 2.87. The minimum Gasteiger partial charge on any atom is -0.465 e. The van der Waals surface area contributed by atoms with Gasteiger partial charge in [-0.1, -0.05) is 30.3 Å². The highest BCUT2D eigenvalue weighted by atomic mass is 32.1.